The molecule has 1 aliphatic carbocycles. The lowest BCUT2D eigenvalue weighted by atomic mass is 10.0. The van der Waals surface area contributed by atoms with Crippen LogP contribution in [0.5, 0.6) is 5.75 Å². The van der Waals surface area contributed by atoms with E-state index in [0.717, 1.165) is 37.1 Å². The molecule has 2 aliphatic rings. The molecule has 1 atom stereocenters. The number of amides is 2. The van der Waals surface area contributed by atoms with Crippen molar-refractivity contribution in [2.75, 3.05) is 19.4 Å². The van der Waals surface area contributed by atoms with Crippen molar-refractivity contribution in [3.8, 4) is 5.75 Å². The number of carbonyl (C=O) groups excluding carboxylic acids is 1. The third-order valence-electron chi connectivity index (χ3n) is 6.49. The topological polar surface area (TPSA) is 90.0 Å². The quantitative estimate of drug-likeness (QED) is 0.596. The van der Waals surface area contributed by atoms with Crippen molar-refractivity contribution in [3.63, 3.8) is 0 Å². The van der Waals surface area contributed by atoms with Gasteiger partial charge in [-0.1, -0.05) is 36.4 Å². The number of phenols is 1. The Morgan fingerprint density at radius 1 is 1.15 bits per heavy atom. The Kier molecular flexibility index (Phi) is 6.81. The first kappa shape index (κ1) is 24.0. The number of hydrogen-bond donors (Lipinski definition) is 2. The average Bonchev–Trinajstić information content (AvgIpc) is 3.18. The molecule has 2 aromatic rings. The zero-order chi connectivity index (χ0) is 24.5. The molecule has 4 rings (SSSR count). The van der Waals surface area contributed by atoms with E-state index in [4.69, 9.17) is 0 Å². The molecule has 0 fully saturated rings. The molecule has 34 heavy (non-hydrogen) atoms. The minimum atomic E-state index is -3.67. The monoisotopic (exact) mass is 481 g/mol. The van der Waals surface area contributed by atoms with Gasteiger partial charge in [0.2, 0.25) is 0 Å². The summed E-state index contributed by atoms with van der Waals surface area (Å²) in [5.74, 6) is -0.444. The van der Waals surface area contributed by atoms with Crippen LogP contribution >= 0.6 is 0 Å². The van der Waals surface area contributed by atoms with E-state index in [1.807, 2.05) is 38.2 Å². The maximum absolute atomic E-state index is 13.0. The van der Waals surface area contributed by atoms with E-state index in [2.05, 4.69) is 22.4 Å². The van der Waals surface area contributed by atoms with Crippen LogP contribution in [0.25, 0.3) is 0 Å². The fourth-order valence-corrected chi connectivity index (χ4v) is 5.72. The van der Waals surface area contributed by atoms with Crippen molar-refractivity contribution in [2.45, 2.75) is 49.5 Å². The van der Waals surface area contributed by atoms with Crippen molar-refractivity contribution in [1.82, 2.24) is 9.80 Å². The molecule has 1 unspecified atom stereocenters. The van der Waals surface area contributed by atoms with Crippen molar-refractivity contribution in [3.05, 3.63) is 76.9 Å². The first-order chi connectivity index (χ1) is 16.1. The van der Waals surface area contributed by atoms with Crippen LogP contribution in [0.3, 0.4) is 0 Å². The van der Waals surface area contributed by atoms with Crippen molar-refractivity contribution >= 4 is 21.6 Å². The summed E-state index contributed by atoms with van der Waals surface area (Å²) in [6.45, 7) is 3.61. The molecule has 2 aromatic carbocycles. The van der Waals surface area contributed by atoms with Crippen LogP contribution in [0.1, 0.15) is 36.5 Å². The van der Waals surface area contributed by atoms with E-state index in [-0.39, 0.29) is 34.2 Å². The lowest BCUT2D eigenvalue weighted by Gasteiger charge is -2.27. The minimum absolute atomic E-state index is 0.0137. The normalized spacial score (nSPS) is 16.6. The summed E-state index contributed by atoms with van der Waals surface area (Å²) in [5.41, 5.74) is 4.31. The minimum Gasteiger partial charge on any atom is -0.506 e. The number of benzene rings is 2. The van der Waals surface area contributed by atoms with E-state index in [1.165, 1.54) is 23.8 Å². The van der Waals surface area contributed by atoms with Crippen LogP contribution in [0.2, 0.25) is 0 Å². The Morgan fingerprint density at radius 2 is 1.91 bits per heavy atom. The Balaban J connectivity index is 1.45. The van der Waals surface area contributed by atoms with E-state index in [1.54, 1.807) is 11.9 Å². The molecule has 8 heteroatoms. The third kappa shape index (κ3) is 5.18. The summed E-state index contributed by atoms with van der Waals surface area (Å²) < 4.78 is 26.0. The van der Waals surface area contributed by atoms with Crippen LogP contribution in [0.15, 0.2) is 65.1 Å². The van der Waals surface area contributed by atoms with Crippen LogP contribution in [-0.2, 0) is 28.7 Å². The highest BCUT2D eigenvalue weighted by atomic mass is 32.2. The van der Waals surface area contributed by atoms with Gasteiger partial charge in [-0.2, -0.15) is 0 Å². The number of nitrogens with one attached hydrogen (secondary N) is 1. The summed E-state index contributed by atoms with van der Waals surface area (Å²) in [5, 5.41) is 13.1. The van der Waals surface area contributed by atoms with E-state index in [9.17, 15) is 18.3 Å². The summed E-state index contributed by atoms with van der Waals surface area (Å²) in [7, 11) is 0.0500. The lowest BCUT2D eigenvalue weighted by Crippen LogP contribution is -2.39. The van der Waals surface area contributed by atoms with Gasteiger partial charge in [0.1, 0.15) is 5.75 Å². The van der Waals surface area contributed by atoms with Gasteiger partial charge in [0.25, 0.3) is 0 Å². The highest BCUT2D eigenvalue weighted by molar-refractivity contribution is 7.90. The largest absolute Gasteiger partial charge is 0.506 e. The number of fused-ring (bicyclic) bond motifs is 1. The van der Waals surface area contributed by atoms with Crippen molar-refractivity contribution in [1.29, 1.82) is 0 Å². The number of urea groups is 1. The second-order valence-corrected chi connectivity index (χ2v) is 11.1. The summed E-state index contributed by atoms with van der Waals surface area (Å²) in [4.78, 5) is 16.5. The van der Waals surface area contributed by atoms with Gasteiger partial charge < -0.3 is 15.3 Å². The van der Waals surface area contributed by atoms with Gasteiger partial charge in [-0.05, 0) is 61.2 Å². The summed E-state index contributed by atoms with van der Waals surface area (Å²) in [6, 6.07) is 9.29. The van der Waals surface area contributed by atoms with E-state index >= 15 is 0 Å². The Hall–Kier alpha value is -3.10. The Labute approximate surface area is 201 Å². The molecule has 2 N–H and O–H groups in total. The molecular weight excluding hydrogens is 450 g/mol. The van der Waals surface area contributed by atoms with E-state index < -0.39 is 9.84 Å². The van der Waals surface area contributed by atoms with Crippen LogP contribution in [0.4, 0.5) is 10.5 Å². The highest BCUT2D eigenvalue weighted by Gasteiger charge is 2.23. The second kappa shape index (κ2) is 9.64. The van der Waals surface area contributed by atoms with Gasteiger partial charge >= 0.3 is 6.03 Å². The van der Waals surface area contributed by atoms with Crippen molar-refractivity contribution in [2.24, 2.45) is 0 Å². The predicted octanol–water partition coefficient (Wildman–Crippen LogP) is 4.44. The number of allylic oxidation sites excluding steroid dienone is 2. The maximum Gasteiger partial charge on any atom is 0.322 e. The number of anilines is 1. The SMILES string of the molecule is CC(C1=CCCC=C1)N(C)C(=O)Nc1ccc(S(=O)(=O)Cc2ccc3c(c2)CN(C)C3)cc1O. The van der Waals surface area contributed by atoms with Gasteiger partial charge in [-0.3, -0.25) is 4.90 Å². The van der Waals surface area contributed by atoms with E-state index in [0.29, 0.717) is 5.56 Å². The van der Waals surface area contributed by atoms with Crippen LogP contribution in [0, 0.1) is 0 Å². The number of rotatable bonds is 6. The standard InChI is InChI=1S/C26H31N3O4S/c1-18(20-7-5-4-6-8-20)29(3)26(31)27-24-12-11-23(14-25(24)30)34(32,33)17-19-9-10-21-15-28(2)16-22(21)13-19/h5,7-14,18,30H,4,6,15-17H2,1-3H3,(H,27,31). The molecule has 0 aromatic heterocycles. The predicted molar refractivity (Wildman–Crippen MR) is 133 cm³/mol. The highest BCUT2D eigenvalue weighted by Crippen LogP contribution is 2.30. The Bertz CT molecular complexity index is 1270. The van der Waals surface area contributed by atoms with Gasteiger partial charge in [0, 0.05) is 26.2 Å². The number of sulfone groups is 1. The van der Waals surface area contributed by atoms with Crippen molar-refractivity contribution < 1.29 is 18.3 Å². The molecule has 0 radical (unpaired) electrons. The zero-order valence-electron chi connectivity index (χ0n) is 19.8. The number of aromatic hydroxyl groups is 1. The Morgan fingerprint density at radius 3 is 2.62 bits per heavy atom. The molecule has 1 aliphatic heterocycles. The second-order valence-electron chi connectivity index (χ2n) is 9.11. The van der Waals surface area contributed by atoms with Crippen LogP contribution in [-0.4, -0.2) is 49.5 Å². The molecule has 0 bridgehead atoms. The van der Waals surface area contributed by atoms with Gasteiger partial charge in [-0.15, -0.1) is 0 Å². The molecule has 7 nitrogen and oxygen atoms in total. The molecule has 2 amide bonds. The average molecular weight is 482 g/mol. The maximum atomic E-state index is 13.0. The molecular formula is C26H31N3O4S. The van der Waals surface area contributed by atoms with Gasteiger partial charge in [-0.25, -0.2) is 13.2 Å². The molecule has 0 spiro atoms. The summed E-state index contributed by atoms with van der Waals surface area (Å²) in [6.07, 6.45) is 8.17. The number of carbonyl (C=O) groups is 1. The number of nitrogens with zero attached hydrogens (tertiary/aromatic N) is 2. The van der Waals surface area contributed by atoms with Gasteiger partial charge in [0.15, 0.2) is 9.84 Å². The number of likely N-dealkylation sites (N-methyl/N-ethyl adjacent to an activating group) is 1. The molecule has 0 saturated carbocycles. The first-order valence-electron chi connectivity index (χ1n) is 11.4. The third-order valence-corrected chi connectivity index (χ3v) is 8.17. The van der Waals surface area contributed by atoms with Crippen LogP contribution < -0.4 is 5.32 Å². The lowest BCUT2D eigenvalue weighted by molar-refractivity contribution is 0.214. The zero-order valence-corrected chi connectivity index (χ0v) is 20.6. The van der Waals surface area contributed by atoms with Gasteiger partial charge in [0.05, 0.1) is 22.4 Å². The molecule has 1 heterocycles. The fourth-order valence-electron chi connectivity index (χ4n) is 4.37. The number of hydrogen-bond acceptors (Lipinski definition) is 5. The molecule has 180 valence electrons. The fraction of sp³-hybridized carbons (Fsp3) is 0.346. The first-order valence-corrected chi connectivity index (χ1v) is 13.0. The smallest absolute Gasteiger partial charge is 0.322 e. The number of phenolic OH excluding ortho intramolecular Hbond substituents is 1. The summed E-state index contributed by atoms with van der Waals surface area (Å²) >= 11 is 0. The molecule has 0 saturated heterocycles.